The first kappa shape index (κ1) is 16.9. The van der Waals surface area contributed by atoms with E-state index in [1.54, 1.807) is 0 Å². The summed E-state index contributed by atoms with van der Waals surface area (Å²) >= 11 is 0. The summed E-state index contributed by atoms with van der Waals surface area (Å²) in [7, 11) is 0. The molecule has 0 aliphatic carbocycles. The number of carbonyl (C=O) groups is 2. The SMILES string of the molecule is CC(C)CC(CNC(=O)C(C)C(C)(C)C)C(=O)O. The van der Waals surface area contributed by atoms with Crippen LogP contribution in [0.25, 0.3) is 0 Å². The fourth-order valence-electron chi connectivity index (χ4n) is 1.61. The molecule has 0 spiro atoms. The highest BCUT2D eigenvalue weighted by molar-refractivity contribution is 5.80. The van der Waals surface area contributed by atoms with Crippen molar-refractivity contribution in [3.05, 3.63) is 0 Å². The second-order valence-electron chi connectivity index (χ2n) is 6.50. The molecule has 0 saturated carbocycles. The smallest absolute Gasteiger partial charge is 0.308 e. The molecule has 0 bridgehead atoms. The highest BCUT2D eigenvalue weighted by Crippen LogP contribution is 2.25. The van der Waals surface area contributed by atoms with Crippen molar-refractivity contribution in [3.8, 4) is 0 Å². The van der Waals surface area contributed by atoms with E-state index in [4.69, 9.17) is 5.11 Å². The van der Waals surface area contributed by atoms with Gasteiger partial charge in [-0.15, -0.1) is 0 Å². The van der Waals surface area contributed by atoms with Crippen LogP contribution in [0.2, 0.25) is 0 Å². The van der Waals surface area contributed by atoms with Crippen LogP contribution in [0.1, 0.15) is 48.0 Å². The van der Waals surface area contributed by atoms with E-state index < -0.39 is 11.9 Å². The van der Waals surface area contributed by atoms with Crippen molar-refractivity contribution in [2.45, 2.75) is 48.0 Å². The Hall–Kier alpha value is -1.06. The standard InChI is InChI=1S/C14H27NO3/c1-9(2)7-11(13(17)18)8-15-12(16)10(3)14(4,5)6/h9-11H,7-8H2,1-6H3,(H,15,16)(H,17,18). The number of rotatable bonds is 6. The maximum absolute atomic E-state index is 11.9. The normalized spacial score (nSPS) is 15.3. The van der Waals surface area contributed by atoms with Gasteiger partial charge in [-0.25, -0.2) is 0 Å². The molecule has 2 unspecified atom stereocenters. The Morgan fingerprint density at radius 2 is 1.67 bits per heavy atom. The molecule has 0 aromatic carbocycles. The predicted octanol–water partition coefficient (Wildman–Crippen LogP) is 2.53. The van der Waals surface area contributed by atoms with E-state index in [-0.39, 0.29) is 23.8 Å². The van der Waals surface area contributed by atoms with Gasteiger partial charge in [-0.3, -0.25) is 9.59 Å². The summed E-state index contributed by atoms with van der Waals surface area (Å²) in [5, 5.41) is 11.8. The minimum absolute atomic E-state index is 0.0718. The van der Waals surface area contributed by atoms with Crippen molar-refractivity contribution in [3.63, 3.8) is 0 Å². The summed E-state index contributed by atoms with van der Waals surface area (Å²) in [5.41, 5.74) is -0.110. The van der Waals surface area contributed by atoms with Crippen molar-refractivity contribution in [2.75, 3.05) is 6.54 Å². The van der Waals surface area contributed by atoms with Gasteiger partial charge in [0.25, 0.3) is 0 Å². The van der Waals surface area contributed by atoms with E-state index in [1.165, 1.54) is 0 Å². The molecule has 0 aliphatic rings. The summed E-state index contributed by atoms with van der Waals surface area (Å²) in [4.78, 5) is 23.0. The van der Waals surface area contributed by atoms with Gasteiger partial charge in [-0.05, 0) is 17.8 Å². The topological polar surface area (TPSA) is 66.4 Å². The lowest BCUT2D eigenvalue weighted by molar-refractivity contribution is -0.142. The Morgan fingerprint density at radius 1 is 1.17 bits per heavy atom. The van der Waals surface area contributed by atoms with Gasteiger partial charge in [0.05, 0.1) is 5.92 Å². The van der Waals surface area contributed by atoms with Crippen LogP contribution in [0.5, 0.6) is 0 Å². The molecule has 0 rings (SSSR count). The number of carboxylic acids is 1. The molecular weight excluding hydrogens is 230 g/mol. The zero-order valence-corrected chi connectivity index (χ0v) is 12.4. The molecule has 0 radical (unpaired) electrons. The fraction of sp³-hybridized carbons (Fsp3) is 0.857. The van der Waals surface area contributed by atoms with Gasteiger partial charge in [0.2, 0.25) is 5.91 Å². The third-order valence-electron chi connectivity index (χ3n) is 3.32. The van der Waals surface area contributed by atoms with Gasteiger partial charge in [0.15, 0.2) is 0 Å². The van der Waals surface area contributed by atoms with Gasteiger partial charge < -0.3 is 10.4 Å². The van der Waals surface area contributed by atoms with E-state index in [9.17, 15) is 9.59 Å². The summed E-state index contributed by atoms with van der Waals surface area (Å²) in [6.07, 6.45) is 0.583. The van der Waals surface area contributed by atoms with Crippen molar-refractivity contribution in [2.24, 2.45) is 23.2 Å². The van der Waals surface area contributed by atoms with Crippen molar-refractivity contribution in [1.82, 2.24) is 5.32 Å². The quantitative estimate of drug-likeness (QED) is 0.768. The van der Waals surface area contributed by atoms with Crippen molar-refractivity contribution < 1.29 is 14.7 Å². The van der Waals surface area contributed by atoms with Crippen molar-refractivity contribution >= 4 is 11.9 Å². The third-order valence-corrected chi connectivity index (χ3v) is 3.32. The summed E-state index contributed by atoms with van der Waals surface area (Å²) < 4.78 is 0. The van der Waals surface area contributed by atoms with E-state index in [1.807, 2.05) is 41.5 Å². The van der Waals surface area contributed by atoms with Crippen LogP contribution in [0.3, 0.4) is 0 Å². The number of carboxylic acid groups (broad SMARTS) is 1. The molecule has 2 N–H and O–H groups in total. The molecule has 4 heteroatoms. The molecule has 2 atom stereocenters. The van der Waals surface area contributed by atoms with Crippen LogP contribution >= 0.6 is 0 Å². The Labute approximate surface area is 110 Å². The maximum Gasteiger partial charge on any atom is 0.308 e. The molecule has 0 aromatic heterocycles. The zero-order valence-electron chi connectivity index (χ0n) is 12.4. The van der Waals surface area contributed by atoms with Crippen molar-refractivity contribution in [1.29, 1.82) is 0 Å². The van der Waals surface area contributed by atoms with Gasteiger partial charge in [0, 0.05) is 12.5 Å². The Bertz CT molecular complexity index is 292. The second-order valence-corrected chi connectivity index (χ2v) is 6.50. The van der Waals surface area contributed by atoms with Crippen LogP contribution in [-0.4, -0.2) is 23.5 Å². The highest BCUT2D eigenvalue weighted by Gasteiger charge is 2.28. The van der Waals surface area contributed by atoms with Crippen LogP contribution in [0.15, 0.2) is 0 Å². The van der Waals surface area contributed by atoms with Gasteiger partial charge in [0.1, 0.15) is 0 Å². The lowest BCUT2D eigenvalue weighted by Crippen LogP contribution is -2.40. The van der Waals surface area contributed by atoms with Gasteiger partial charge in [-0.1, -0.05) is 41.5 Å². The average molecular weight is 257 g/mol. The number of carbonyl (C=O) groups excluding carboxylic acids is 1. The molecule has 0 fully saturated rings. The lowest BCUT2D eigenvalue weighted by atomic mass is 9.81. The number of hydrogen-bond donors (Lipinski definition) is 2. The van der Waals surface area contributed by atoms with Crippen LogP contribution in [0.4, 0.5) is 0 Å². The van der Waals surface area contributed by atoms with E-state index >= 15 is 0 Å². The number of aliphatic carboxylic acids is 1. The minimum atomic E-state index is -0.840. The Kier molecular flexibility index (Phi) is 6.36. The first-order chi connectivity index (χ1) is 8.05. The van der Waals surface area contributed by atoms with Gasteiger partial charge in [-0.2, -0.15) is 0 Å². The van der Waals surface area contributed by atoms with Crippen LogP contribution < -0.4 is 5.32 Å². The predicted molar refractivity (Wildman–Crippen MR) is 72.2 cm³/mol. The second kappa shape index (κ2) is 6.76. The molecule has 1 amide bonds. The van der Waals surface area contributed by atoms with E-state index in [2.05, 4.69) is 5.32 Å². The highest BCUT2D eigenvalue weighted by atomic mass is 16.4. The number of hydrogen-bond acceptors (Lipinski definition) is 2. The van der Waals surface area contributed by atoms with E-state index in [0.29, 0.717) is 12.3 Å². The maximum atomic E-state index is 11.9. The summed E-state index contributed by atoms with van der Waals surface area (Å²) in [5.74, 6) is -1.24. The van der Waals surface area contributed by atoms with Crippen LogP contribution in [-0.2, 0) is 9.59 Å². The monoisotopic (exact) mass is 257 g/mol. The summed E-state index contributed by atoms with van der Waals surface area (Å²) in [6.45, 7) is 12.0. The molecule has 0 aliphatic heterocycles. The largest absolute Gasteiger partial charge is 0.481 e. The average Bonchev–Trinajstić information content (AvgIpc) is 2.20. The lowest BCUT2D eigenvalue weighted by Gasteiger charge is -2.26. The molecular formula is C14H27NO3. The Balaban J connectivity index is 4.36. The van der Waals surface area contributed by atoms with Crippen LogP contribution in [0, 0.1) is 23.2 Å². The molecule has 106 valence electrons. The fourth-order valence-corrected chi connectivity index (χ4v) is 1.61. The molecule has 18 heavy (non-hydrogen) atoms. The number of nitrogens with one attached hydrogen (secondary N) is 1. The Morgan fingerprint density at radius 3 is 2.00 bits per heavy atom. The molecule has 0 aromatic rings. The first-order valence-corrected chi connectivity index (χ1v) is 6.56. The third kappa shape index (κ3) is 6.03. The zero-order chi connectivity index (χ0) is 14.5. The summed E-state index contributed by atoms with van der Waals surface area (Å²) in [6, 6.07) is 0. The van der Waals surface area contributed by atoms with Gasteiger partial charge >= 0.3 is 5.97 Å². The number of amides is 1. The molecule has 0 heterocycles. The first-order valence-electron chi connectivity index (χ1n) is 6.56. The van der Waals surface area contributed by atoms with E-state index in [0.717, 1.165) is 0 Å². The minimum Gasteiger partial charge on any atom is -0.481 e. The molecule has 0 saturated heterocycles. The molecule has 4 nitrogen and oxygen atoms in total.